The second-order valence-corrected chi connectivity index (χ2v) is 6.41. The van der Waals surface area contributed by atoms with Gasteiger partial charge in [0.2, 0.25) is 0 Å². The molecular weight excluding hydrogens is 262 g/mol. The second-order valence-electron chi connectivity index (χ2n) is 6.41. The Morgan fingerprint density at radius 2 is 1.86 bits per heavy atom. The van der Waals surface area contributed by atoms with E-state index in [1.807, 2.05) is 24.3 Å². The highest BCUT2D eigenvalue weighted by Gasteiger charge is 2.13. The summed E-state index contributed by atoms with van der Waals surface area (Å²) in [6.45, 7) is 10.2. The molecule has 0 saturated heterocycles. The van der Waals surface area contributed by atoms with Gasteiger partial charge in [-0.05, 0) is 42.2 Å². The maximum atomic E-state index is 5.91. The first-order chi connectivity index (χ1) is 9.95. The van der Waals surface area contributed by atoms with Crippen LogP contribution in [0.25, 0.3) is 0 Å². The lowest BCUT2D eigenvalue weighted by Crippen LogP contribution is -2.28. The molecule has 0 aliphatic rings. The maximum absolute atomic E-state index is 5.91. The number of furan rings is 1. The minimum absolute atomic E-state index is 0.112. The van der Waals surface area contributed by atoms with E-state index in [2.05, 4.69) is 45.1 Å². The van der Waals surface area contributed by atoms with E-state index in [0.29, 0.717) is 0 Å². The summed E-state index contributed by atoms with van der Waals surface area (Å²) in [5.74, 6) is 1.85. The Kier molecular flexibility index (Phi) is 5.07. The fraction of sp³-hybridized carbons (Fsp3) is 0.444. The highest BCUT2D eigenvalue weighted by molar-refractivity contribution is 5.31. The normalized spacial score (nSPS) is 13.1. The van der Waals surface area contributed by atoms with Crippen LogP contribution >= 0.6 is 0 Å². The molecule has 1 heterocycles. The number of hydrogen-bond donors (Lipinski definition) is 1. The van der Waals surface area contributed by atoms with Crippen LogP contribution in [-0.4, -0.2) is 12.6 Å². The fourth-order valence-corrected chi connectivity index (χ4v) is 2.12. The molecule has 0 radical (unpaired) electrons. The highest BCUT2D eigenvalue weighted by Crippen LogP contribution is 2.24. The van der Waals surface area contributed by atoms with E-state index in [-0.39, 0.29) is 11.5 Å². The highest BCUT2D eigenvalue weighted by atomic mass is 16.5. The van der Waals surface area contributed by atoms with Crippen molar-refractivity contribution in [1.29, 1.82) is 0 Å². The van der Waals surface area contributed by atoms with Gasteiger partial charge in [-0.2, -0.15) is 0 Å². The van der Waals surface area contributed by atoms with Crippen LogP contribution in [0.3, 0.4) is 0 Å². The first kappa shape index (κ1) is 15.6. The Morgan fingerprint density at radius 1 is 1.14 bits per heavy atom. The van der Waals surface area contributed by atoms with Gasteiger partial charge in [0.05, 0.1) is 12.8 Å². The molecule has 0 aliphatic carbocycles. The molecule has 2 aromatic rings. The van der Waals surface area contributed by atoms with E-state index in [1.54, 1.807) is 6.26 Å². The first-order valence-corrected chi connectivity index (χ1v) is 7.45. The predicted molar refractivity (Wildman–Crippen MR) is 85.6 cm³/mol. The molecule has 1 N–H and O–H groups in total. The Labute approximate surface area is 127 Å². The zero-order valence-corrected chi connectivity index (χ0v) is 13.3. The number of hydrogen-bond acceptors (Lipinski definition) is 3. The van der Waals surface area contributed by atoms with Gasteiger partial charge >= 0.3 is 0 Å². The quantitative estimate of drug-likeness (QED) is 0.867. The van der Waals surface area contributed by atoms with Gasteiger partial charge in [0.15, 0.2) is 0 Å². The largest absolute Gasteiger partial charge is 0.489 e. The van der Waals surface area contributed by atoms with Gasteiger partial charge in [0.1, 0.15) is 17.6 Å². The third-order valence-electron chi connectivity index (χ3n) is 3.37. The lowest BCUT2D eigenvalue weighted by atomic mass is 9.87. The lowest BCUT2D eigenvalue weighted by molar-refractivity contribution is 0.215. The Balaban J connectivity index is 1.78. The van der Waals surface area contributed by atoms with Gasteiger partial charge in [-0.1, -0.05) is 32.9 Å². The third kappa shape index (κ3) is 4.94. The van der Waals surface area contributed by atoms with E-state index in [1.165, 1.54) is 5.56 Å². The summed E-state index contributed by atoms with van der Waals surface area (Å²) in [6, 6.07) is 12.2. The Morgan fingerprint density at radius 3 is 2.43 bits per heavy atom. The average molecular weight is 287 g/mol. The van der Waals surface area contributed by atoms with Crippen LogP contribution in [0.1, 0.15) is 39.0 Å². The van der Waals surface area contributed by atoms with Crippen molar-refractivity contribution in [3.05, 3.63) is 54.0 Å². The van der Waals surface area contributed by atoms with Crippen LogP contribution in [0.15, 0.2) is 47.1 Å². The molecule has 0 aliphatic heterocycles. The summed E-state index contributed by atoms with van der Waals surface area (Å²) in [5, 5.41) is 3.32. The molecule has 0 amide bonds. The van der Waals surface area contributed by atoms with Crippen molar-refractivity contribution in [3.8, 4) is 5.75 Å². The van der Waals surface area contributed by atoms with Gasteiger partial charge in [-0.3, -0.25) is 0 Å². The van der Waals surface area contributed by atoms with Gasteiger partial charge in [-0.15, -0.1) is 0 Å². The summed E-state index contributed by atoms with van der Waals surface area (Å²) < 4.78 is 11.2. The standard InChI is InChI=1S/C18H25NO2/c1-14(12-19-13-17-6-5-11-20-17)21-16-9-7-15(8-10-16)18(2,3)4/h5-11,14,19H,12-13H2,1-4H3. The molecule has 1 aromatic heterocycles. The number of benzene rings is 1. The maximum Gasteiger partial charge on any atom is 0.119 e. The minimum Gasteiger partial charge on any atom is -0.489 e. The summed E-state index contributed by atoms with van der Waals surface area (Å²) in [4.78, 5) is 0. The van der Waals surface area contributed by atoms with Crippen molar-refractivity contribution >= 4 is 0 Å². The van der Waals surface area contributed by atoms with Gasteiger partial charge in [0, 0.05) is 6.54 Å². The van der Waals surface area contributed by atoms with Gasteiger partial charge < -0.3 is 14.5 Å². The molecule has 3 heteroatoms. The van der Waals surface area contributed by atoms with Crippen LogP contribution in [-0.2, 0) is 12.0 Å². The van der Waals surface area contributed by atoms with Crippen molar-refractivity contribution in [1.82, 2.24) is 5.32 Å². The van der Waals surface area contributed by atoms with Crippen LogP contribution in [0.4, 0.5) is 0 Å². The number of nitrogens with one attached hydrogen (secondary N) is 1. The van der Waals surface area contributed by atoms with Crippen LogP contribution in [0, 0.1) is 0 Å². The average Bonchev–Trinajstić information content (AvgIpc) is 2.91. The van der Waals surface area contributed by atoms with E-state index in [0.717, 1.165) is 24.6 Å². The predicted octanol–water partition coefficient (Wildman–Crippen LogP) is 4.13. The first-order valence-electron chi connectivity index (χ1n) is 7.45. The van der Waals surface area contributed by atoms with Crippen LogP contribution in [0.2, 0.25) is 0 Å². The van der Waals surface area contributed by atoms with Crippen molar-refractivity contribution < 1.29 is 9.15 Å². The summed E-state index contributed by atoms with van der Waals surface area (Å²) in [6.07, 6.45) is 1.80. The zero-order chi connectivity index (χ0) is 15.3. The smallest absolute Gasteiger partial charge is 0.119 e. The summed E-state index contributed by atoms with van der Waals surface area (Å²) in [7, 11) is 0. The molecule has 1 unspecified atom stereocenters. The lowest BCUT2D eigenvalue weighted by Gasteiger charge is -2.20. The van der Waals surface area contributed by atoms with Crippen molar-refractivity contribution in [3.63, 3.8) is 0 Å². The SMILES string of the molecule is CC(CNCc1ccco1)Oc1ccc(C(C)(C)C)cc1. The molecule has 1 atom stereocenters. The molecule has 0 saturated carbocycles. The van der Waals surface area contributed by atoms with Gasteiger partial charge in [-0.25, -0.2) is 0 Å². The van der Waals surface area contributed by atoms with Crippen molar-refractivity contribution in [2.75, 3.05) is 6.54 Å². The molecule has 0 fully saturated rings. The summed E-state index contributed by atoms with van der Waals surface area (Å²) >= 11 is 0. The van der Waals surface area contributed by atoms with Crippen LogP contribution in [0.5, 0.6) is 5.75 Å². The van der Waals surface area contributed by atoms with Crippen molar-refractivity contribution in [2.45, 2.75) is 45.8 Å². The van der Waals surface area contributed by atoms with Crippen LogP contribution < -0.4 is 10.1 Å². The fourth-order valence-electron chi connectivity index (χ4n) is 2.12. The molecular formula is C18H25NO2. The van der Waals surface area contributed by atoms with E-state index >= 15 is 0 Å². The van der Waals surface area contributed by atoms with Gasteiger partial charge in [0.25, 0.3) is 0 Å². The van der Waals surface area contributed by atoms with E-state index in [9.17, 15) is 0 Å². The molecule has 0 spiro atoms. The number of ether oxygens (including phenoxy) is 1. The molecule has 1 aromatic carbocycles. The van der Waals surface area contributed by atoms with E-state index in [4.69, 9.17) is 9.15 Å². The molecule has 3 nitrogen and oxygen atoms in total. The minimum atomic E-state index is 0.112. The molecule has 0 bridgehead atoms. The molecule has 21 heavy (non-hydrogen) atoms. The zero-order valence-electron chi connectivity index (χ0n) is 13.3. The summed E-state index contributed by atoms with van der Waals surface area (Å²) in [5.41, 5.74) is 1.49. The topological polar surface area (TPSA) is 34.4 Å². The Hall–Kier alpha value is -1.74. The third-order valence-corrected chi connectivity index (χ3v) is 3.37. The van der Waals surface area contributed by atoms with E-state index < -0.39 is 0 Å². The monoisotopic (exact) mass is 287 g/mol. The number of rotatable bonds is 6. The Bertz CT molecular complexity index is 523. The molecule has 2 rings (SSSR count). The van der Waals surface area contributed by atoms with Crippen molar-refractivity contribution in [2.24, 2.45) is 0 Å². The second kappa shape index (κ2) is 6.81. The molecule has 114 valence electrons.